The monoisotopic (exact) mass is 246 g/mol. The first-order valence-electron chi connectivity index (χ1n) is 6.78. The summed E-state index contributed by atoms with van der Waals surface area (Å²) in [6, 6.07) is 6.66. The van der Waals surface area contributed by atoms with Gasteiger partial charge in [0.1, 0.15) is 0 Å². The molecule has 3 heteroatoms. The van der Waals surface area contributed by atoms with Gasteiger partial charge >= 0.3 is 0 Å². The molecule has 0 fully saturated rings. The number of fused-ring (bicyclic) bond motifs is 1. The van der Waals surface area contributed by atoms with Crippen LogP contribution >= 0.6 is 0 Å². The van der Waals surface area contributed by atoms with E-state index in [9.17, 15) is 4.79 Å². The molecule has 1 amide bonds. The van der Waals surface area contributed by atoms with Crippen LogP contribution in [0, 0.1) is 0 Å². The average Bonchev–Trinajstić information content (AvgIpc) is 2.81. The minimum atomic E-state index is 0.0222. The number of rotatable bonds is 5. The Hall–Kier alpha value is -1.35. The van der Waals surface area contributed by atoms with Crippen molar-refractivity contribution < 1.29 is 4.79 Å². The van der Waals surface area contributed by atoms with E-state index in [4.69, 9.17) is 5.73 Å². The Morgan fingerprint density at radius 2 is 2.17 bits per heavy atom. The smallest absolute Gasteiger partial charge is 0.220 e. The second-order valence-corrected chi connectivity index (χ2v) is 5.24. The Morgan fingerprint density at radius 1 is 1.39 bits per heavy atom. The minimum Gasteiger partial charge on any atom is -0.355 e. The van der Waals surface area contributed by atoms with Gasteiger partial charge in [0.15, 0.2) is 0 Å². The van der Waals surface area contributed by atoms with Crippen LogP contribution in [0.15, 0.2) is 18.2 Å². The third-order valence-electron chi connectivity index (χ3n) is 3.42. The summed E-state index contributed by atoms with van der Waals surface area (Å²) in [7, 11) is 0. The standard InChI is InChI=1S/C15H22N2O/c1-11(16)10-17-15(18)8-6-12-5-7-13-3-2-4-14(13)9-12/h5,7,9,11H,2-4,6,8,10,16H2,1H3,(H,17,18). The largest absolute Gasteiger partial charge is 0.355 e. The van der Waals surface area contributed by atoms with Crippen molar-refractivity contribution in [1.29, 1.82) is 0 Å². The van der Waals surface area contributed by atoms with Gasteiger partial charge in [-0.1, -0.05) is 18.2 Å². The normalized spacial score (nSPS) is 15.2. The zero-order chi connectivity index (χ0) is 13.0. The fourth-order valence-corrected chi connectivity index (χ4v) is 2.40. The average molecular weight is 246 g/mol. The van der Waals surface area contributed by atoms with Crippen LogP contribution in [0.2, 0.25) is 0 Å². The van der Waals surface area contributed by atoms with Gasteiger partial charge < -0.3 is 11.1 Å². The third-order valence-corrected chi connectivity index (χ3v) is 3.42. The molecule has 1 atom stereocenters. The van der Waals surface area contributed by atoms with Gasteiger partial charge in [-0.05, 0) is 49.3 Å². The molecule has 1 aromatic rings. The highest BCUT2D eigenvalue weighted by molar-refractivity contribution is 5.76. The Kier molecular flexibility index (Phi) is 4.37. The molecule has 1 aliphatic rings. The van der Waals surface area contributed by atoms with E-state index < -0.39 is 0 Å². The lowest BCUT2D eigenvalue weighted by atomic mass is 10.0. The summed E-state index contributed by atoms with van der Waals surface area (Å²) in [6.45, 7) is 2.45. The predicted octanol–water partition coefficient (Wildman–Crippen LogP) is 1.57. The molecule has 2 rings (SSSR count). The second-order valence-electron chi connectivity index (χ2n) is 5.24. The Morgan fingerprint density at radius 3 is 2.94 bits per heavy atom. The van der Waals surface area contributed by atoms with Crippen molar-refractivity contribution >= 4 is 5.91 Å². The summed E-state index contributed by atoms with van der Waals surface area (Å²) in [6.07, 6.45) is 5.04. The van der Waals surface area contributed by atoms with Crippen LogP contribution < -0.4 is 11.1 Å². The van der Waals surface area contributed by atoms with E-state index >= 15 is 0 Å². The summed E-state index contributed by atoms with van der Waals surface area (Å²) < 4.78 is 0. The second kappa shape index (κ2) is 6.01. The lowest BCUT2D eigenvalue weighted by Gasteiger charge is -2.08. The molecule has 0 radical (unpaired) electrons. The van der Waals surface area contributed by atoms with E-state index in [1.165, 1.54) is 36.0 Å². The van der Waals surface area contributed by atoms with Gasteiger partial charge in [-0.2, -0.15) is 0 Å². The van der Waals surface area contributed by atoms with Crippen LogP contribution in [0.1, 0.15) is 36.5 Å². The molecule has 0 aromatic heterocycles. The lowest BCUT2D eigenvalue weighted by molar-refractivity contribution is -0.121. The van der Waals surface area contributed by atoms with Gasteiger partial charge in [0.2, 0.25) is 5.91 Å². The highest BCUT2D eigenvalue weighted by Gasteiger charge is 2.11. The first-order valence-corrected chi connectivity index (χ1v) is 6.78. The SMILES string of the molecule is CC(N)CNC(=O)CCc1ccc2c(c1)CCC2. The molecule has 0 spiro atoms. The predicted molar refractivity (Wildman–Crippen MR) is 73.4 cm³/mol. The van der Waals surface area contributed by atoms with Crippen molar-refractivity contribution in [3.8, 4) is 0 Å². The van der Waals surface area contributed by atoms with Gasteiger partial charge in [0.05, 0.1) is 0 Å². The quantitative estimate of drug-likeness (QED) is 0.828. The van der Waals surface area contributed by atoms with Crippen LogP contribution in [0.5, 0.6) is 0 Å². The molecule has 0 saturated carbocycles. The molecule has 0 aliphatic heterocycles. The Labute approximate surface area is 109 Å². The Bertz CT molecular complexity index is 427. The highest BCUT2D eigenvalue weighted by atomic mass is 16.1. The number of benzene rings is 1. The maximum Gasteiger partial charge on any atom is 0.220 e. The van der Waals surface area contributed by atoms with Crippen LogP contribution in [-0.4, -0.2) is 18.5 Å². The summed E-state index contributed by atoms with van der Waals surface area (Å²) in [4.78, 5) is 11.6. The topological polar surface area (TPSA) is 55.1 Å². The number of hydrogen-bond donors (Lipinski definition) is 2. The van der Waals surface area contributed by atoms with Crippen LogP contribution in [0.3, 0.4) is 0 Å². The number of carbonyl (C=O) groups excluding carboxylic acids is 1. The van der Waals surface area contributed by atoms with E-state index in [-0.39, 0.29) is 11.9 Å². The molecular formula is C15H22N2O. The Balaban J connectivity index is 1.81. The van der Waals surface area contributed by atoms with Gasteiger partial charge in [-0.3, -0.25) is 4.79 Å². The zero-order valence-corrected chi connectivity index (χ0v) is 11.0. The molecule has 18 heavy (non-hydrogen) atoms. The summed E-state index contributed by atoms with van der Waals surface area (Å²) >= 11 is 0. The number of aryl methyl sites for hydroxylation is 3. The fraction of sp³-hybridized carbons (Fsp3) is 0.533. The summed E-state index contributed by atoms with van der Waals surface area (Å²) in [5.74, 6) is 0.0906. The van der Waals surface area contributed by atoms with Gasteiger partial charge in [0, 0.05) is 19.0 Å². The van der Waals surface area contributed by atoms with Crippen molar-refractivity contribution in [3.63, 3.8) is 0 Å². The van der Waals surface area contributed by atoms with Crippen molar-refractivity contribution in [2.75, 3.05) is 6.54 Å². The number of carbonyl (C=O) groups is 1. The van der Waals surface area contributed by atoms with Crippen molar-refractivity contribution in [3.05, 3.63) is 34.9 Å². The van der Waals surface area contributed by atoms with Crippen molar-refractivity contribution in [2.45, 2.75) is 45.1 Å². The first kappa shape index (κ1) is 13.1. The summed E-state index contributed by atoms with van der Waals surface area (Å²) in [5, 5.41) is 2.84. The molecular weight excluding hydrogens is 224 g/mol. The molecule has 1 aromatic carbocycles. The van der Waals surface area contributed by atoms with Gasteiger partial charge in [0.25, 0.3) is 0 Å². The number of hydrogen-bond acceptors (Lipinski definition) is 2. The van der Waals surface area contributed by atoms with E-state index in [1.54, 1.807) is 0 Å². The van der Waals surface area contributed by atoms with Crippen LogP contribution in [-0.2, 0) is 24.1 Å². The van der Waals surface area contributed by atoms with Crippen molar-refractivity contribution in [2.24, 2.45) is 5.73 Å². The molecule has 98 valence electrons. The minimum absolute atomic E-state index is 0.0222. The third kappa shape index (κ3) is 3.57. The van der Waals surface area contributed by atoms with Gasteiger partial charge in [-0.15, -0.1) is 0 Å². The molecule has 0 heterocycles. The highest BCUT2D eigenvalue weighted by Crippen LogP contribution is 2.23. The van der Waals surface area contributed by atoms with E-state index in [0.29, 0.717) is 13.0 Å². The zero-order valence-electron chi connectivity index (χ0n) is 11.0. The molecule has 0 saturated heterocycles. The van der Waals surface area contributed by atoms with Crippen LogP contribution in [0.4, 0.5) is 0 Å². The number of amides is 1. The number of nitrogens with one attached hydrogen (secondary N) is 1. The molecule has 1 aliphatic carbocycles. The van der Waals surface area contributed by atoms with Gasteiger partial charge in [-0.25, -0.2) is 0 Å². The van der Waals surface area contributed by atoms with Crippen molar-refractivity contribution in [1.82, 2.24) is 5.32 Å². The molecule has 3 nitrogen and oxygen atoms in total. The van der Waals surface area contributed by atoms with E-state index in [1.807, 2.05) is 6.92 Å². The molecule has 3 N–H and O–H groups in total. The number of nitrogens with two attached hydrogens (primary N) is 1. The molecule has 1 unspecified atom stereocenters. The van der Waals surface area contributed by atoms with E-state index in [2.05, 4.69) is 23.5 Å². The fourth-order valence-electron chi connectivity index (χ4n) is 2.40. The maximum absolute atomic E-state index is 11.6. The summed E-state index contributed by atoms with van der Waals surface area (Å²) in [5.41, 5.74) is 9.83. The lowest BCUT2D eigenvalue weighted by Crippen LogP contribution is -2.35. The van der Waals surface area contributed by atoms with Crippen LogP contribution in [0.25, 0.3) is 0 Å². The first-order chi connectivity index (χ1) is 8.65. The molecule has 0 bridgehead atoms. The maximum atomic E-state index is 11.6. The van der Waals surface area contributed by atoms with E-state index in [0.717, 1.165) is 6.42 Å².